The minimum atomic E-state index is -3.47. The highest BCUT2D eigenvalue weighted by molar-refractivity contribution is 7.92. The Kier molecular flexibility index (Phi) is 3.21. The highest BCUT2D eigenvalue weighted by atomic mass is 32.2. The minimum Gasteiger partial charge on any atom is -0.395 e. The minimum absolute atomic E-state index is 0.295. The molecule has 0 aliphatic rings. The van der Waals surface area contributed by atoms with E-state index in [0.717, 1.165) is 0 Å². The Morgan fingerprint density at radius 3 is 2.27 bits per heavy atom. The molecule has 0 aliphatic heterocycles. The van der Waals surface area contributed by atoms with E-state index in [9.17, 15) is 8.42 Å². The SMILES string of the molecule is Cc1ccccc1S(=O)(=O)C(C)(C)CO. The summed E-state index contributed by atoms with van der Waals surface area (Å²) in [5, 5.41) is 9.10. The van der Waals surface area contributed by atoms with Crippen LogP contribution in [0.3, 0.4) is 0 Å². The fourth-order valence-corrected chi connectivity index (χ4v) is 2.76. The quantitative estimate of drug-likeness (QED) is 0.853. The third-order valence-electron chi connectivity index (χ3n) is 2.49. The van der Waals surface area contributed by atoms with Crippen LogP contribution in [0.15, 0.2) is 29.2 Å². The van der Waals surface area contributed by atoms with Gasteiger partial charge >= 0.3 is 0 Å². The van der Waals surface area contributed by atoms with Crippen molar-refractivity contribution in [1.82, 2.24) is 0 Å². The van der Waals surface area contributed by atoms with Crippen LogP contribution in [0.5, 0.6) is 0 Å². The first kappa shape index (κ1) is 12.2. The van der Waals surface area contributed by atoms with Gasteiger partial charge in [0.1, 0.15) is 0 Å². The molecule has 1 N–H and O–H groups in total. The lowest BCUT2D eigenvalue weighted by Crippen LogP contribution is -2.36. The molecule has 0 saturated heterocycles. The van der Waals surface area contributed by atoms with Crippen molar-refractivity contribution in [3.8, 4) is 0 Å². The van der Waals surface area contributed by atoms with E-state index in [4.69, 9.17) is 5.11 Å². The van der Waals surface area contributed by atoms with Crippen LogP contribution in [0.4, 0.5) is 0 Å². The predicted octanol–water partition coefficient (Wildman–Crippen LogP) is 1.54. The summed E-state index contributed by atoms with van der Waals surface area (Å²) in [5.41, 5.74) is 0.707. The van der Waals surface area contributed by atoms with E-state index in [1.165, 1.54) is 13.8 Å². The second kappa shape index (κ2) is 3.94. The smallest absolute Gasteiger partial charge is 0.186 e. The maximum absolute atomic E-state index is 12.1. The van der Waals surface area contributed by atoms with Gasteiger partial charge in [0.05, 0.1) is 16.2 Å². The summed E-state index contributed by atoms with van der Waals surface area (Å²) < 4.78 is 23.2. The van der Waals surface area contributed by atoms with Crippen LogP contribution < -0.4 is 0 Å². The van der Waals surface area contributed by atoms with Crippen molar-refractivity contribution in [2.75, 3.05) is 6.61 Å². The van der Waals surface area contributed by atoms with Crippen molar-refractivity contribution in [2.24, 2.45) is 0 Å². The van der Waals surface area contributed by atoms with Gasteiger partial charge in [0.25, 0.3) is 0 Å². The van der Waals surface area contributed by atoms with Gasteiger partial charge in [-0.25, -0.2) is 8.42 Å². The first-order valence-corrected chi connectivity index (χ1v) is 6.22. The number of benzene rings is 1. The maximum atomic E-state index is 12.1. The molecule has 4 heteroatoms. The van der Waals surface area contributed by atoms with Crippen molar-refractivity contribution >= 4 is 9.84 Å². The lowest BCUT2D eigenvalue weighted by molar-refractivity contribution is 0.258. The maximum Gasteiger partial charge on any atom is 0.186 e. The highest BCUT2D eigenvalue weighted by Crippen LogP contribution is 2.26. The topological polar surface area (TPSA) is 54.4 Å². The first-order valence-electron chi connectivity index (χ1n) is 4.74. The zero-order valence-electron chi connectivity index (χ0n) is 9.19. The van der Waals surface area contributed by atoms with Gasteiger partial charge in [-0.05, 0) is 32.4 Å². The molecule has 1 aromatic rings. The molecule has 0 spiro atoms. The number of hydrogen-bond acceptors (Lipinski definition) is 3. The second-order valence-electron chi connectivity index (χ2n) is 4.19. The Morgan fingerprint density at radius 1 is 1.27 bits per heavy atom. The molecule has 0 saturated carbocycles. The number of hydrogen-bond donors (Lipinski definition) is 1. The molecule has 0 fully saturated rings. The number of aliphatic hydroxyl groups is 1. The summed E-state index contributed by atoms with van der Waals surface area (Å²) in [6.07, 6.45) is 0. The summed E-state index contributed by atoms with van der Waals surface area (Å²) in [5.74, 6) is 0. The van der Waals surface area contributed by atoms with Gasteiger partial charge < -0.3 is 5.11 Å². The van der Waals surface area contributed by atoms with Crippen molar-refractivity contribution in [1.29, 1.82) is 0 Å². The second-order valence-corrected chi connectivity index (χ2v) is 6.74. The Balaban J connectivity index is 3.37. The highest BCUT2D eigenvalue weighted by Gasteiger charge is 2.35. The van der Waals surface area contributed by atoms with Crippen molar-refractivity contribution in [3.05, 3.63) is 29.8 Å². The van der Waals surface area contributed by atoms with E-state index in [0.29, 0.717) is 10.5 Å². The van der Waals surface area contributed by atoms with Gasteiger partial charge in [-0.2, -0.15) is 0 Å². The van der Waals surface area contributed by atoms with Gasteiger partial charge in [0, 0.05) is 0 Å². The Morgan fingerprint density at radius 2 is 1.80 bits per heavy atom. The monoisotopic (exact) mass is 228 g/mol. The molecule has 0 amide bonds. The molecule has 1 aromatic carbocycles. The summed E-state index contributed by atoms with van der Waals surface area (Å²) in [6, 6.07) is 6.80. The standard InChI is InChI=1S/C11H16O3S/c1-9-6-4-5-7-10(9)15(13,14)11(2,3)8-12/h4-7,12H,8H2,1-3H3. The summed E-state index contributed by atoms with van der Waals surface area (Å²) in [7, 11) is -3.47. The van der Waals surface area contributed by atoms with Crippen LogP contribution in [-0.2, 0) is 9.84 Å². The van der Waals surface area contributed by atoms with Crippen molar-refractivity contribution in [3.63, 3.8) is 0 Å². The lowest BCUT2D eigenvalue weighted by Gasteiger charge is -2.23. The molecule has 0 aliphatic carbocycles. The molecule has 84 valence electrons. The normalized spacial score (nSPS) is 12.8. The van der Waals surface area contributed by atoms with Gasteiger partial charge in [-0.15, -0.1) is 0 Å². The molecule has 0 aromatic heterocycles. The molecule has 15 heavy (non-hydrogen) atoms. The fraction of sp³-hybridized carbons (Fsp3) is 0.455. The molecule has 0 unspecified atom stereocenters. The molecular weight excluding hydrogens is 212 g/mol. The third kappa shape index (κ3) is 2.06. The zero-order chi connectivity index (χ0) is 11.7. The van der Waals surface area contributed by atoms with E-state index in [2.05, 4.69) is 0 Å². The summed E-state index contributed by atoms with van der Waals surface area (Å²) >= 11 is 0. The van der Waals surface area contributed by atoms with Crippen LogP contribution in [0, 0.1) is 6.92 Å². The number of rotatable bonds is 3. The number of sulfone groups is 1. The predicted molar refractivity (Wildman–Crippen MR) is 59.5 cm³/mol. The van der Waals surface area contributed by atoms with E-state index >= 15 is 0 Å². The molecule has 1 rings (SSSR count). The van der Waals surface area contributed by atoms with Crippen LogP contribution in [0.2, 0.25) is 0 Å². The van der Waals surface area contributed by atoms with Crippen molar-refractivity contribution < 1.29 is 13.5 Å². The van der Waals surface area contributed by atoms with Gasteiger partial charge in [0.2, 0.25) is 0 Å². The van der Waals surface area contributed by atoms with Gasteiger partial charge in [-0.3, -0.25) is 0 Å². The van der Waals surface area contributed by atoms with E-state index in [1.807, 2.05) is 0 Å². The Labute approximate surface area is 90.7 Å². The van der Waals surface area contributed by atoms with Crippen LogP contribution in [0.1, 0.15) is 19.4 Å². The molecule has 0 bridgehead atoms. The Bertz CT molecular complexity index is 447. The average molecular weight is 228 g/mol. The first-order chi connectivity index (χ1) is 6.83. The summed E-state index contributed by atoms with van der Waals surface area (Å²) in [6.45, 7) is 4.41. The third-order valence-corrected chi connectivity index (χ3v) is 5.11. The van der Waals surface area contributed by atoms with Gasteiger partial charge in [-0.1, -0.05) is 18.2 Å². The van der Waals surface area contributed by atoms with Gasteiger partial charge in [0.15, 0.2) is 9.84 Å². The number of aryl methyl sites for hydroxylation is 1. The van der Waals surface area contributed by atoms with E-state index in [-0.39, 0.29) is 6.61 Å². The fourth-order valence-electron chi connectivity index (χ4n) is 1.24. The van der Waals surface area contributed by atoms with E-state index < -0.39 is 14.6 Å². The van der Waals surface area contributed by atoms with Crippen LogP contribution >= 0.6 is 0 Å². The average Bonchev–Trinajstić information content (AvgIpc) is 2.18. The van der Waals surface area contributed by atoms with Crippen LogP contribution in [0.25, 0.3) is 0 Å². The molecular formula is C11H16O3S. The largest absolute Gasteiger partial charge is 0.395 e. The summed E-state index contributed by atoms with van der Waals surface area (Å²) in [4.78, 5) is 0.295. The molecule has 0 atom stereocenters. The van der Waals surface area contributed by atoms with Crippen LogP contribution in [-0.4, -0.2) is 24.9 Å². The Hall–Kier alpha value is -0.870. The number of aliphatic hydroxyl groups excluding tert-OH is 1. The van der Waals surface area contributed by atoms with E-state index in [1.54, 1.807) is 31.2 Å². The molecule has 3 nitrogen and oxygen atoms in total. The zero-order valence-corrected chi connectivity index (χ0v) is 10.0. The molecule has 0 radical (unpaired) electrons. The lowest BCUT2D eigenvalue weighted by atomic mass is 10.2. The van der Waals surface area contributed by atoms with Crippen molar-refractivity contribution in [2.45, 2.75) is 30.4 Å². The molecule has 0 heterocycles.